The second-order valence-electron chi connectivity index (χ2n) is 6.30. The first kappa shape index (κ1) is 15.0. The summed E-state index contributed by atoms with van der Waals surface area (Å²) in [5.74, 6) is 0.582. The van der Waals surface area contributed by atoms with Crippen LogP contribution in [0.5, 0.6) is 0 Å². The summed E-state index contributed by atoms with van der Waals surface area (Å²) < 4.78 is 0. The third-order valence-electron chi connectivity index (χ3n) is 3.76. The first-order valence-corrected chi connectivity index (χ1v) is 7.52. The molecule has 0 amide bonds. The quantitative estimate of drug-likeness (QED) is 0.880. The monoisotopic (exact) mass is 300 g/mol. The van der Waals surface area contributed by atoms with Crippen molar-refractivity contribution in [3.05, 3.63) is 28.2 Å². The van der Waals surface area contributed by atoms with Gasteiger partial charge in [0.1, 0.15) is 0 Å². The summed E-state index contributed by atoms with van der Waals surface area (Å²) in [6.07, 6.45) is 0. The Morgan fingerprint density at radius 3 is 2.53 bits per heavy atom. The van der Waals surface area contributed by atoms with Crippen LogP contribution in [0.4, 0.5) is 5.69 Å². The van der Waals surface area contributed by atoms with Gasteiger partial charge in [0.05, 0.1) is 10.0 Å². The number of hydrogen-bond acceptors (Lipinski definition) is 2. The van der Waals surface area contributed by atoms with Crippen LogP contribution < -0.4 is 10.2 Å². The van der Waals surface area contributed by atoms with Crippen molar-refractivity contribution >= 4 is 28.9 Å². The van der Waals surface area contributed by atoms with Crippen LogP contribution in [-0.4, -0.2) is 24.7 Å². The van der Waals surface area contributed by atoms with Gasteiger partial charge in [0, 0.05) is 30.4 Å². The lowest BCUT2D eigenvalue weighted by Crippen LogP contribution is -2.63. The number of piperazine rings is 1. The number of rotatable bonds is 2. The minimum absolute atomic E-state index is 0.109. The van der Waals surface area contributed by atoms with Crippen molar-refractivity contribution in [3.8, 4) is 0 Å². The highest BCUT2D eigenvalue weighted by Crippen LogP contribution is 2.31. The maximum atomic E-state index is 6.16. The number of halogens is 2. The van der Waals surface area contributed by atoms with Gasteiger partial charge >= 0.3 is 0 Å². The van der Waals surface area contributed by atoms with Crippen molar-refractivity contribution in [2.24, 2.45) is 5.92 Å². The van der Waals surface area contributed by atoms with E-state index in [4.69, 9.17) is 23.2 Å². The van der Waals surface area contributed by atoms with Crippen LogP contribution in [0.25, 0.3) is 0 Å². The Balaban J connectivity index is 2.33. The number of anilines is 1. The Morgan fingerprint density at radius 1 is 1.26 bits per heavy atom. The molecule has 1 saturated heterocycles. The van der Waals surface area contributed by atoms with Crippen molar-refractivity contribution in [3.63, 3.8) is 0 Å². The Hall–Kier alpha value is -0.440. The van der Waals surface area contributed by atoms with E-state index in [0.29, 0.717) is 22.0 Å². The molecule has 1 aromatic carbocycles. The second kappa shape index (κ2) is 5.51. The fourth-order valence-electron chi connectivity index (χ4n) is 2.63. The lowest BCUT2D eigenvalue weighted by atomic mass is 9.92. The Kier molecular flexibility index (Phi) is 4.34. The summed E-state index contributed by atoms with van der Waals surface area (Å²) >= 11 is 12.2. The fraction of sp³-hybridized carbons (Fsp3) is 0.600. The second-order valence-corrected chi connectivity index (χ2v) is 7.12. The minimum atomic E-state index is 0.109. The predicted octanol–water partition coefficient (Wildman–Crippen LogP) is 4.21. The lowest BCUT2D eigenvalue weighted by Gasteiger charge is -2.47. The van der Waals surface area contributed by atoms with Crippen LogP contribution in [0, 0.1) is 5.92 Å². The molecule has 2 nitrogen and oxygen atoms in total. The highest BCUT2D eigenvalue weighted by Gasteiger charge is 2.34. The molecule has 1 unspecified atom stereocenters. The summed E-state index contributed by atoms with van der Waals surface area (Å²) in [5, 5.41) is 4.85. The molecule has 106 valence electrons. The van der Waals surface area contributed by atoms with Crippen molar-refractivity contribution in [1.82, 2.24) is 5.32 Å². The third kappa shape index (κ3) is 3.36. The molecule has 0 radical (unpaired) electrons. The van der Waals surface area contributed by atoms with E-state index >= 15 is 0 Å². The highest BCUT2D eigenvalue weighted by molar-refractivity contribution is 6.42. The topological polar surface area (TPSA) is 15.3 Å². The summed E-state index contributed by atoms with van der Waals surface area (Å²) in [5.41, 5.74) is 1.26. The van der Waals surface area contributed by atoms with E-state index in [2.05, 4.69) is 44.0 Å². The summed E-state index contributed by atoms with van der Waals surface area (Å²) in [6.45, 7) is 10.9. The molecule has 0 spiro atoms. The van der Waals surface area contributed by atoms with E-state index in [9.17, 15) is 0 Å². The molecular weight excluding hydrogens is 279 g/mol. The predicted molar refractivity (Wildman–Crippen MR) is 84.5 cm³/mol. The molecule has 1 aromatic rings. The van der Waals surface area contributed by atoms with Gasteiger partial charge in [-0.2, -0.15) is 0 Å². The molecule has 19 heavy (non-hydrogen) atoms. The van der Waals surface area contributed by atoms with Gasteiger partial charge in [-0.25, -0.2) is 0 Å². The maximum Gasteiger partial charge on any atom is 0.0612 e. The van der Waals surface area contributed by atoms with Gasteiger partial charge in [-0.3, -0.25) is 0 Å². The SMILES string of the molecule is CC(C)C1CNC(C)(C)CN1c1ccc(Cl)c(Cl)c1. The van der Waals surface area contributed by atoms with Crippen molar-refractivity contribution in [2.45, 2.75) is 39.3 Å². The molecule has 0 saturated carbocycles. The lowest BCUT2D eigenvalue weighted by molar-refractivity contribution is 0.277. The Morgan fingerprint density at radius 2 is 1.95 bits per heavy atom. The van der Waals surface area contributed by atoms with Gasteiger partial charge in [-0.05, 0) is 38.0 Å². The van der Waals surface area contributed by atoms with Crippen molar-refractivity contribution < 1.29 is 0 Å². The molecule has 1 N–H and O–H groups in total. The zero-order valence-corrected chi connectivity index (χ0v) is 13.5. The van der Waals surface area contributed by atoms with Crippen LogP contribution in [0.3, 0.4) is 0 Å². The third-order valence-corrected chi connectivity index (χ3v) is 4.50. The van der Waals surface area contributed by atoms with E-state index in [1.165, 1.54) is 0 Å². The number of benzene rings is 1. The molecule has 1 heterocycles. The number of hydrogen-bond donors (Lipinski definition) is 1. The Bertz CT molecular complexity index is 457. The van der Waals surface area contributed by atoms with E-state index in [-0.39, 0.29) is 5.54 Å². The largest absolute Gasteiger partial charge is 0.365 e. The zero-order chi connectivity index (χ0) is 14.2. The standard InChI is InChI=1S/C15H22Cl2N2/c1-10(2)14-8-18-15(3,4)9-19(14)11-5-6-12(16)13(17)7-11/h5-7,10,14,18H,8-9H2,1-4H3. The first-order chi connectivity index (χ1) is 8.80. The summed E-state index contributed by atoms with van der Waals surface area (Å²) in [7, 11) is 0. The molecule has 1 atom stereocenters. The molecule has 0 aromatic heterocycles. The van der Waals surface area contributed by atoms with Crippen LogP contribution >= 0.6 is 23.2 Å². The number of nitrogens with zero attached hydrogens (tertiary/aromatic N) is 1. The molecule has 2 rings (SSSR count). The molecule has 1 aliphatic rings. The fourth-order valence-corrected chi connectivity index (χ4v) is 2.92. The normalized spacial score (nSPS) is 22.9. The van der Waals surface area contributed by atoms with Crippen LogP contribution in [0.15, 0.2) is 18.2 Å². The molecule has 1 aliphatic heterocycles. The van der Waals surface area contributed by atoms with Crippen LogP contribution in [0.2, 0.25) is 10.0 Å². The molecule has 1 fully saturated rings. The highest BCUT2D eigenvalue weighted by atomic mass is 35.5. The van der Waals surface area contributed by atoms with Crippen molar-refractivity contribution in [1.29, 1.82) is 0 Å². The smallest absolute Gasteiger partial charge is 0.0612 e. The zero-order valence-electron chi connectivity index (χ0n) is 12.0. The Labute approximate surface area is 126 Å². The number of nitrogens with one attached hydrogen (secondary N) is 1. The van der Waals surface area contributed by atoms with E-state index in [0.717, 1.165) is 18.8 Å². The molecule has 0 aliphatic carbocycles. The van der Waals surface area contributed by atoms with Gasteiger partial charge in [0.2, 0.25) is 0 Å². The van der Waals surface area contributed by atoms with E-state index in [1.807, 2.05) is 12.1 Å². The van der Waals surface area contributed by atoms with Crippen LogP contribution in [-0.2, 0) is 0 Å². The first-order valence-electron chi connectivity index (χ1n) is 6.77. The van der Waals surface area contributed by atoms with E-state index in [1.54, 1.807) is 0 Å². The van der Waals surface area contributed by atoms with Crippen LogP contribution in [0.1, 0.15) is 27.7 Å². The average molecular weight is 301 g/mol. The van der Waals surface area contributed by atoms with Gasteiger partial charge in [0.25, 0.3) is 0 Å². The maximum absolute atomic E-state index is 6.16. The molecular formula is C15H22Cl2N2. The van der Waals surface area contributed by atoms with Crippen molar-refractivity contribution in [2.75, 3.05) is 18.0 Å². The average Bonchev–Trinajstić information content (AvgIpc) is 2.31. The van der Waals surface area contributed by atoms with Gasteiger partial charge < -0.3 is 10.2 Å². The summed E-state index contributed by atoms with van der Waals surface area (Å²) in [6, 6.07) is 6.39. The van der Waals surface area contributed by atoms with E-state index < -0.39 is 0 Å². The van der Waals surface area contributed by atoms with Gasteiger partial charge in [-0.15, -0.1) is 0 Å². The molecule has 0 bridgehead atoms. The van der Waals surface area contributed by atoms with Gasteiger partial charge in [-0.1, -0.05) is 37.0 Å². The molecule has 4 heteroatoms. The summed E-state index contributed by atoms with van der Waals surface area (Å²) in [4.78, 5) is 2.45. The minimum Gasteiger partial charge on any atom is -0.365 e. The van der Waals surface area contributed by atoms with Gasteiger partial charge in [0.15, 0.2) is 0 Å².